The number of benzene rings is 1. The highest BCUT2D eigenvalue weighted by molar-refractivity contribution is 5.59. The lowest BCUT2D eigenvalue weighted by atomic mass is 10.1. The van der Waals surface area contributed by atoms with Crippen molar-refractivity contribution >= 4 is 6.08 Å². The van der Waals surface area contributed by atoms with Gasteiger partial charge in [0.25, 0.3) is 0 Å². The lowest BCUT2D eigenvalue weighted by Crippen LogP contribution is -1.93. The fourth-order valence-corrected chi connectivity index (χ4v) is 0.981. The van der Waals surface area contributed by atoms with E-state index >= 15 is 0 Å². The van der Waals surface area contributed by atoms with Crippen LogP contribution in [0.2, 0.25) is 0 Å². The molecule has 0 saturated heterocycles. The van der Waals surface area contributed by atoms with Gasteiger partial charge in [-0.2, -0.15) is 0 Å². The first-order valence-electron chi connectivity index (χ1n) is 3.22. The molecule has 49 valence electrons. The second-order valence-electron chi connectivity index (χ2n) is 2.15. The Morgan fingerprint density at radius 1 is 1.10 bits per heavy atom. The Bertz CT molecular complexity index is 263. The minimum atomic E-state index is 0.935. The zero-order valence-corrected chi connectivity index (χ0v) is 5.45. The fraction of sp³-hybridized carbons (Fsp3) is 0. The molecule has 0 aromatic heterocycles. The molecule has 1 aliphatic rings. The molecule has 0 atom stereocenters. The van der Waals surface area contributed by atoms with Crippen molar-refractivity contribution < 1.29 is 4.74 Å². The highest BCUT2D eigenvalue weighted by Crippen LogP contribution is 2.23. The molecule has 0 N–H and O–H groups in total. The molecule has 0 amide bonds. The van der Waals surface area contributed by atoms with Gasteiger partial charge in [0.05, 0.1) is 0 Å². The third-order valence-electron chi connectivity index (χ3n) is 1.47. The maximum absolute atomic E-state index is 5.21. The molecule has 1 heteroatoms. The number of fused-ring (bicyclic) bond motifs is 1. The summed E-state index contributed by atoms with van der Waals surface area (Å²) in [7, 11) is 0. The third-order valence-corrected chi connectivity index (χ3v) is 1.47. The predicted molar refractivity (Wildman–Crippen MR) is 40.4 cm³/mol. The van der Waals surface area contributed by atoms with Crippen LogP contribution in [0.25, 0.3) is 6.08 Å². The Kier molecular flexibility index (Phi) is 1.21. The smallest absolute Gasteiger partial charge is 0.158 e. The number of rotatable bonds is 0. The van der Waals surface area contributed by atoms with Crippen LogP contribution in [0, 0.1) is 6.61 Å². The van der Waals surface area contributed by atoms with Gasteiger partial charge in [0, 0.05) is 5.56 Å². The molecular formula is C9H7O. The molecule has 10 heavy (non-hydrogen) atoms. The van der Waals surface area contributed by atoms with Crippen molar-refractivity contribution in [3.05, 3.63) is 42.5 Å². The van der Waals surface area contributed by atoms with E-state index in [4.69, 9.17) is 4.74 Å². The van der Waals surface area contributed by atoms with E-state index in [2.05, 4.69) is 0 Å². The molecule has 1 aromatic rings. The average molecular weight is 131 g/mol. The summed E-state index contributed by atoms with van der Waals surface area (Å²) in [6, 6.07) is 7.94. The standard InChI is InChI=1S/C9H7O/c1-2-6-9-8(4-1)5-3-7-10-9/h1-7H. The second-order valence-corrected chi connectivity index (χ2v) is 2.15. The maximum Gasteiger partial charge on any atom is 0.158 e. The first-order chi connectivity index (χ1) is 4.97. The summed E-state index contributed by atoms with van der Waals surface area (Å²) in [5, 5.41) is 0. The van der Waals surface area contributed by atoms with Gasteiger partial charge in [0.15, 0.2) is 6.61 Å². The highest BCUT2D eigenvalue weighted by Gasteiger charge is 2.01. The van der Waals surface area contributed by atoms with Crippen molar-refractivity contribution in [2.75, 3.05) is 0 Å². The molecule has 0 bridgehead atoms. The highest BCUT2D eigenvalue weighted by atomic mass is 16.5. The molecule has 0 spiro atoms. The molecule has 1 aliphatic heterocycles. The molecular weight excluding hydrogens is 124 g/mol. The summed E-state index contributed by atoms with van der Waals surface area (Å²) in [4.78, 5) is 0. The van der Waals surface area contributed by atoms with E-state index in [1.54, 1.807) is 6.61 Å². The summed E-state index contributed by atoms with van der Waals surface area (Å²) >= 11 is 0. The Morgan fingerprint density at radius 3 is 2.90 bits per heavy atom. The minimum absolute atomic E-state index is 0.935. The molecule has 1 radical (unpaired) electrons. The van der Waals surface area contributed by atoms with Gasteiger partial charge in [-0.3, -0.25) is 0 Å². The van der Waals surface area contributed by atoms with E-state index in [1.807, 2.05) is 36.4 Å². The molecule has 2 rings (SSSR count). The first kappa shape index (κ1) is 5.54. The van der Waals surface area contributed by atoms with Gasteiger partial charge in [-0.1, -0.05) is 24.3 Å². The van der Waals surface area contributed by atoms with Crippen LogP contribution in [0.4, 0.5) is 0 Å². The topological polar surface area (TPSA) is 9.23 Å². The van der Waals surface area contributed by atoms with Crippen molar-refractivity contribution in [1.82, 2.24) is 0 Å². The van der Waals surface area contributed by atoms with Crippen LogP contribution in [0.3, 0.4) is 0 Å². The SMILES string of the molecule is [CH]1C=Cc2ccccc2O1. The second kappa shape index (κ2) is 2.18. The van der Waals surface area contributed by atoms with Gasteiger partial charge in [0.2, 0.25) is 0 Å². The summed E-state index contributed by atoms with van der Waals surface area (Å²) in [6.07, 6.45) is 3.92. The van der Waals surface area contributed by atoms with Gasteiger partial charge in [-0.15, -0.1) is 0 Å². The minimum Gasteiger partial charge on any atom is -0.481 e. The maximum atomic E-state index is 5.21. The summed E-state index contributed by atoms with van der Waals surface area (Å²) in [5.41, 5.74) is 1.14. The van der Waals surface area contributed by atoms with Crippen molar-refractivity contribution in [3.8, 4) is 5.75 Å². The van der Waals surface area contributed by atoms with E-state index in [0.717, 1.165) is 11.3 Å². The van der Waals surface area contributed by atoms with Crippen LogP contribution in [0.5, 0.6) is 5.75 Å². The van der Waals surface area contributed by atoms with Crippen molar-refractivity contribution in [1.29, 1.82) is 0 Å². The fourth-order valence-electron chi connectivity index (χ4n) is 0.981. The number of ether oxygens (including phenoxy) is 1. The average Bonchev–Trinajstić information content (AvgIpc) is 2.05. The van der Waals surface area contributed by atoms with Crippen LogP contribution < -0.4 is 4.74 Å². The van der Waals surface area contributed by atoms with E-state index in [0.29, 0.717) is 0 Å². The van der Waals surface area contributed by atoms with Crippen LogP contribution >= 0.6 is 0 Å². The Balaban J connectivity index is 2.54. The zero-order chi connectivity index (χ0) is 6.81. The summed E-state index contributed by atoms with van der Waals surface area (Å²) in [6.45, 7) is 1.68. The van der Waals surface area contributed by atoms with Gasteiger partial charge < -0.3 is 4.74 Å². The van der Waals surface area contributed by atoms with Crippen molar-refractivity contribution in [3.63, 3.8) is 0 Å². The van der Waals surface area contributed by atoms with Crippen LogP contribution in [0.1, 0.15) is 5.56 Å². The van der Waals surface area contributed by atoms with Gasteiger partial charge in [-0.25, -0.2) is 0 Å². The monoisotopic (exact) mass is 131 g/mol. The summed E-state index contributed by atoms with van der Waals surface area (Å²) in [5.74, 6) is 0.935. The van der Waals surface area contributed by atoms with Crippen molar-refractivity contribution in [2.45, 2.75) is 0 Å². The zero-order valence-electron chi connectivity index (χ0n) is 5.45. The number of hydrogen-bond acceptors (Lipinski definition) is 1. The number of para-hydroxylation sites is 1. The third kappa shape index (κ3) is 0.798. The Hall–Kier alpha value is -1.24. The number of hydrogen-bond donors (Lipinski definition) is 0. The van der Waals surface area contributed by atoms with Gasteiger partial charge in [0.1, 0.15) is 5.75 Å². The Labute approximate surface area is 59.9 Å². The van der Waals surface area contributed by atoms with Gasteiger partial charge >= 0.3 is 0 Å². The molecule has 1 aromatic carbocycles. The lowest BCUT2D eigenvalue weighted by Gasteiger charge is -2.09. The van der Waals surface area contributed by atoms with Crippen LogP contribution in [-0.4, -0.2) is 0 Å². The Morgan fingerprint density at radius 2 is 2.00 bits per heavy atom. The molecule has 0 fully saturated rings. The van der Waals surface area contributed by atoms with E-state index in [9.17, 15) is 0 Å². The van der Waals surface area contributed by atoms with E-state index in [1.165, 1.54) is 0 Å². The predicted octanol–water partition coefficient (Wildman–Crippen LogP) is 2.25. The van der Waals surface area contributed by atoms with E-state index < -0.39 is 0 Å². The normalized spacial score (nSPS) is 14.0. The molecule has 1 nitrogen and oxygen atoms in total. The van der Waals surface area contributed by atoms with Gasteiger partial charge in [-0.05, 0) is 12.1 Å². The molecule has 1 heterocycles. The van der Waals surface area contributed by atoms with Crippen LogP contribution in [0.15, 0.2) is 30.3 Å². The summed E-state index contributed by atoms with van der Waals surface area (Å²) < 4.78 is 5.21. The van der Waals surface area contributed by atoms with Crippen molar-refractivity contribution in [2.24, 2.45) is 0 Å². The molecule has 0 aliphatic carbocycles. The quantitative estimate of drug-likeness (QED) is 0.524. The first-order valence-corrected chi connectivity index (χ1v) is 3.22. The molecule has 0 saturated carbocycles. The van der Waals surface area contributed by atoms with Crippen LogP contribution in [-0.2, 0) is 0 Å². The lowest BCUT2D eigenvalue weighted by molar-refractivity contribution is 0.429. The van der Waals surface area contributed by atoms with E-state index in [-0.39, 0.29) is 0 Å². The largest absolute Gasteiger partial charge is 0.481 e. The molecule has 0 unspecified atom stereocenters.